The maximum absolute atomic E-state index is 13.3. The van der Waals surface area contributed by atoms with Gasteiger partial charge < -0.3 is 15.3 Å². The van der Waals surface area contributed by atoms with Crippen LogP contribution in [-0.2, 0) is 17.6 Å². The largest absolute Gasteiger partial charge is 0.414 e. The van der Waals surface area contributed by atoms with Gasteiger partial charge >= 0.3 is 6.18 Å². The van der Waals surface area contributed by atoms with Gasteiger partial charge in [-0.3, -0.25) is 9.69 Å². The summed E-state index contributed by atoms with van der Waals surface area (Å²) in [5.41, 5.74) is 2.01. The molecule has 4 rings (SSSR count). The number of hydrogen-bond donors (Lipinski definition) is 2. The molecule has 29 heavy (non-hydrogen) atoms. The number of piperidine rings is 1. The third-order valence-electron chi connectivity index (χ3n) is 6.80. The van der Waals surface area contributed by atoms with Gasteiger partial charge in [0.2, 0.25) is 5.91 Å². The summed E-state index contributed by atoms with van der Waals surface area (Å²) in [4.78, 5) is 17.1. The molecule has 0 radical (unpaired) electrons. The number of nitrogens with zero attached hydrogens (tertiary/aromatic N) is 2. The van der Waals surface area contributed by atoms with E-state index in [1.54, 1.807) is 0 Å². The predicted octanol–water partition coefficient (Wildman–Crippen LogP) is 2.08. The van der Waals surface area contributed by atoms with Crippen LogP contribution in [0.2, 0.25) is 0 Å². The summed E-state index contributed by atoms with van der Waals surface area (Å²) in [6.45, 7) is 1.72. The molecule has 1 aromatic rings. The Labute approximate surface area is 168 Å². The zero-order chi connectivity index (χ0) is 20.6. The maximum Gasteiger partial charge on any atom is 0.414 e. The van der Waals surface area contributed by atoms with Crippen LogP contribution >= 0.6 is 0 Å². The number of aliphatic hydroxyl groups is 1. The number of fused-ring (bicyclic) bond motifs is 1. The molecule has 0 unspecified atom stereocenters. The summed E-state index contributed by atoms with van der Waals surface area (Å²) in [6, 6.07) is 8.55. The van der Waals surface area contributed by atoms with Crippen LogP contribution in [0.3, 0.4) is 0 Å². The molecule has 5 nitrogen and oxygen atoms in total. The highest BCUT2D eigenvalue weighted by atomic mass is 19.4. The standard InChI is InChI=1S/C21H28F3N3O2/c22-21(23,24)18(28)7-12-26-14-27(20(19(26)29)8-10-25-11-9-20)17-6-5-15-3-1-2-4-16(15)13-17/h1-4,17-18,25,28H,5-14H2/t17-,18+/m0/s1. The monoisotopic (exact) mass is 411 g/mol. The lowest BCUT2D eigenvalue weighted by Gasteiger charge is -2.44. The Bertz CT molecular complexity index is 749. The number of nitrogens with one attached hydrogen (secondary N) is 1. The zero-order valence-corrected chi connectivity index (χ0v) is 16.4. The van der Waals surface area contributed by atoms with Crippen molar-refractivity contribution in [2.45, 2.75) is 62.4 Å². The fourth-order valence-electron chi connectivity index (χ4n) is 5.17. The highest BCUT2D eigenvalue weighted by Crippen LogP contribution is 2.39. The van der Waals surface area contributed by atoms with Crippen molar-refractivity contribution in [1.29, 1.82) is 0 Å². The first-order chi connectivity index (χ1) is 13.8. The van der Waals surface area contributed by atoms with Crippen LogP contribution < -0.4 is 5.32 Å². The molecular weight excluding hydrogens is 383 g/mol. The van der Waals surface area contributed by atoms with Crippen molar-refractivity contribution in [1.82, 2.24) is 15.1 Å². The quantitative estimate of drug-likeness (QED) is 0.797. The number of carbonyl (C=O) groups is 1. The van der Waals surface area contributed by atoms with Crippen LogP contribution in [0.15, 0.2) is 24.3 Å². The molecule has 0 aromatic heterocycles. The number of aliphatic hydroxyl groups excluding tert-OH is 1. The highest BCUT2D eigenvalue weighted by Gasteiger charge is 2.55. The summed E-state index contributed by atoms with van der Waals surface area (Å²) < 4.78 is 38.1. The van der Waals surface area contributed by atoms with E-state index in [1.807, 2.05) is 12.1 Å². The van der Waals surface area contributed by atoms with Gasteiger partial charge in [0.1, 0.15) is 5.54 Å². The van der Waals surface area contributed by atoms with Crippen LogP contribution in [0.5, 0.6) is 0 Å². The Kier molecular flexibility index (Phi) is 5.61. The Hall–Kier alpha value is -1.64. The Morgan fingerprint density at radius 1 is 1.21 bits per heavy atom. The molecule has 0 bridgehead atoms. The lowest BCUT2D eigenvalue weighted by atomic mass is 9.81. The van der Waals surface area contributed by atoms with Gasteiger partial charge in [0, 0.05) is 12.6 Å². The van der Waals surface area contributed by atoms with Gasteiger partial charge in [0.05, 0.1) is 6.67 Å². The highest BCUT2D eigenvalue weighted by molar-refractivity contribution is 5.88. The summed E-state index contributed by atoms with van der Waals surface area (Å²) >= 11 is 0. The predicted molar refractivity (Wildman–Crippen MR) is 102 cm³/mol. The van der Waals surface area contributed by atoms with E-state index in [4.69, 9.17) is 0 Å². The zero-order valence-electron chi connectivity index (χ0n) is 16.4. The third kappa shape index (κ3) is 3.90. The van der Waals surface area contributed by atoms with Crippen LogP contribution in [0.25, 0.3) is 0 Å². The fourth-order valence-corrected chi connectivity index (χ4v) is 5.17. The van der Waals surface area contributed by atoms with Crippen molar-refractivity contribution in [3.63, 3.8) is 0 Å². The average molecular weight is 411 g/mol. The van der Waals surface area contributed by atoms with Crippen molar-refractivity contribution in [3.05, 3.63) is 35.4 Å². The molecule has 2 heterocycles. The molecule has 2 aliphatic heterocycles. The van der Waals surface area contributed by atoms with Crippen LogP contribution in [-0.4, -0.2) is 71.0 Å². The number of rotatable bonds is 4. The van der Waals surface area contributed by atoms with Gasteiger partial charge in [-0.25, -0.2) is 0 Å². The summed E-state index contributed by atoms with van der Waals surface area (Å²) in [7, 11) is 0. The second kappa shape index (κ2) is 7.89. The van der Waals surface area contributed by atoms with Gasteiger partial charge in [-0.1, -0.05) is 24.3 Å². The van der Waals surface area contributed by atoms with Crippen molar-refractivity contribution < 1.29 is 23.1 Å². The van der Waals surface area contributed by atoms with Crippen molar-refractivity contribution in [2.75, 3.05) is 26.3 Å². The van der Waals surface area contributed by atoms with Gasteiger partial charge in [-0.15, -0.1) is 0 Å². The summed E-state index contributed by atoms with van der Waals surface area (Å²) in [5.74, 6) is -0.0766. The van der Waals surface area contributed by atoms with E-state index in [1.165, 1.54) is 16.0 Å². The van der Waals surface area contributed by atoms with E-state index in [2.05, 4.69) is 22.3 Å². The van der Waals surface area contributed by atoms with Gasteiger partial charge in [0.15, 0.2) is 6.10 Å². The Morgan fingerprint density at radius 2 is 1.90 bits per heavy atom. The molecule has 1 amide bonds. The molecule has 2 atom stereocenters. The first-order valence-electron chi connectivity index (χ1n) is 10.4. The Balaban J connectivity index is 1.53. The Morgan fingerprint density at radius 3 is 2.59 bits per heavy atom. The molecule has 160 valence electrons. The molecule has 2 saturated heterocycles. The second-order valence-corrected chi connectivity index (χ2v) is 8.47. The van der Waals surface area contributed by atoms with Gasteiger partial charge in [-0.2, -0.15) is 13.2 Å². The van der Waals surface area contributed by atoms with Gasteiger partial charge in [0.25, 0.3) is 0 Å². The van der Waals surface area contributed by atoms with Crippen molar-refractivity contribution in [2.24, 2.45) is 0 Å². The minimum atomic E-state index is -4.65. The molecular formula is C21H28F3N3O2. The number of aryl methyl sites for hydroxylation is 1. The first-order valence-corrected chi connectivity index (χ1v) is 10.4. The summed E-state index contributed by atoms with van der Waals surface area (Å²) in [6.07, 6.45) is -3.44. The number of benzene rings is 1. The van der Waals surface area contributed by atoms with E-state index in [0.29, 0.717) is 19.5 Å². The lowest BCUT2D eigenvalue weighted by molar-refractivity contribution is -0.206. The van der Waals surface area contributed by atoms with E-state index in [-0.39, 0.29) is 18.5 Å². The number of amides is 1. The summed E-state index contributed by atoms with van der Waals surface area (Å²) in [5, 5.41) is 12.7. The van der Waals surface area contributed by atoms with Crippen LogP contribution in [0.4, 0.5) is 13.2 Å². The number of alkyl halides is 3. The van der Waals surface area contributed by atoms with E-state index in [9.17, 15) is 23.1 Å². The van der Waals surface area contributed by atoms with Crippen LogP contribution in [0.1, 0.15) is 36.8 Å². The van der Waals surface area contributed by atoms with Crippen molar-refractivity contribution >= 4 is 5.91 Å². The molecule has 2 fully saturated rings. The normalized spacial score (nSPS) is 26.0. The molecule has 2 N–H and O–H groups in total. The molecule has 1 spiro atoms. The smallest absolute Gasteiger partial charge is 0.384 e. The van der Waals surface area contributed by atoms with E-state index in [0.717, 1.165) is 32.4 Å². The van der Waals surface area contributed by atoms with Crippen LogP contribution in [0, 0.1) is 0 Å². The molecule has 0 saturated carbocycles. The number of hydrogen-bond acceptors (Lipinski definition) is 4. The van der Waals surface area contributed by atoms with Gasteiger partial charge in [-0.05, 0) is 62.7 Å². The second-order valence-electron chi connectivity index (χ2n) is 8.47. The first kappa shape index (κ1) is 20.6. The minimum absolute atomic E-state index is 0.0749. The molecule has 1 aliphatic carbocycles. The SMILES string of the molecule is O=C1N(CC[C@@H](O)C(F)(F)F)CN([C@H]2CCc3ccccc3C2)C12CCNCC2. The fraction of sp³-hybridized carbons (Fsp3) is 0.667. The molecule has 3 aliphatic rings. The molecule has 1 aromatic carbocycles. The third-order valence-corrected chi connectivity index (χ3v) is 6.80. The van der Waals surface area contributed by atoms with Crippen molar-refractivity contribution in [3.8, 4) is 0 Å². The maximum atomic E-state index is 13.3. The van der Waals surface area contributed by atoms with E-state index < -0.39 is 24.2 Å². The lowest BCUT2D eigenvalue weighted by Crippen LogP contribution is -2.59. The number of carbonyl (C=O) groups excluding carboxylic acids is 1. The average Bonchev–Trinajstić information content (AvgIpc) is 2.97. The minimum Gasteiger partial charge on any atom is -0.384 e. The molecule has 8 heteroatoms. The van der Waals surface area contributed by atoms with E-state index >= 15 is 0 Å². The number of halogens is 3. The topological polar surface area (TPSA) is 55.8 Å².